The Morgan fingerprint density at radius 1 is 1.13 bits per heavy atom. The van der Waals surface area contributed by atoms with Gasteiger partial charge >= 0.3 is 12.1 Å². The normalized spacial score (nSPS) is 12.6. The van der Waals surface area contributed by atoms with Gasteiger partial charge in [-0.05, 0) is 35.4 Å². The molecule has 162 valence electrons. The Kier molecular flexibility index (Phi) is 6.81. The number of fused-ring (bicyclic) bond motifs is 6. The quantitative estimate of drug-likeness (QED) is 0.441. The first-order valence-corrected chi connectivity index (χ1v) is 9.23. The molecule has 3 aromatic rings. The van der Waals surface area contributed by atoms with E-state index in [0.29, 0.717) is 29.9 Å². The van der Waals surface area contributed by atoms with Crippen molar-refractivity contribution in [2.45, 2.75) is 19.3 Å². The highest BCUT2D eigenvalue weighted by molar-refractivity contribution is 6.32. The summed E-state index contributed by atoms with van der Waals surface area (Å²) >= 11 is 6.19. The number of aliphatic carboxylic acids is 1. The third kappa shape index (κ3) is 6.48. The highest BCUT2D eigenvalue weighted by Crippen LogP contribution is 2.24. The molecule has 0 radical (unpaired) electrons. The number of hydrogen-bond acceptors (Lipinski definition) is 6. The summed E-state index contributed by atoms with van der Waals surface area (Å²) in [5.74, 6) is -0.842. The molecule has 6 bridgehead atoms. The Bertz CT molecular complexity index is 1080. The average molecular weight is 453 g/mol. The van der Waals surface area contributed by atoms with E-state index in [0.717, 1.165) is 22.6 Å². The van der Waals surface area contributed by atoms with E-state index in [2.05, 4.69) is 20.6 Å². The first-order chi connectivity index (χ1) is 14.7. The number of benzene rings is 2. The number of nitrogens with one attached hydrogen (secondary N) is 2. The van der Waals surface area contributed by atoms with Gasteiger partial charge in [0, 0.05) is 12.2 Å². The number of nitrogens with zero attached hydrogens (tertiary/aromatic N) is 2. The van der Waals surface area contributed by atoms with E-state index >= 15 is 0 Å². The van der Waals surface area contributed by atoms with E-state index in [-0.39, 0.29) is 0 Å². The van der Waals surface area contributed by atoms with Crippen molar-refractivity contribution in [3.05, 3.63) is 70.9 Å². The molecule has 3 N–H and O–H groups in total. The number of carbonyl (C=O) groups is 1. The lowest BCUT2D eigenvalue weighted by molar-refractivity contribution is -0.192. The van der Waals surface area contributed by atoms with Crippen molar-refractivity contribution in [1.29, 1.82) is 0 Å². The van der Waals surface area contributed by atoms with Crippen LogP contribution in [0, 0.1) is 0 Å². The summed E-state index contributed by atoms with van der Waals surface area (Å²) < 4.78 is 37.6. The zero-order valence-electron chi connectivity index (χ0n) is 15.8. The zero-order valence-corrected chi connectivity index (χ0v) is 16.5. The minimum Gasteiger partial charge on any atom is -0.489 e. The van der Waals surface area contributed by atoms with Crippen LogP contribution in [0.4, 0.5) is 30.6 Å². The van der Waals surface area contributed by atoms with Gasteiger partial charge in [-0.3, -0.25) is 0 Å². The SMILES string of the molecule is Clc1cnc2nc1NCc1cccc(c1)OCc1cccc(c1)N2.O=C(O)C(F)(F)F. The number of anilines is 3. The largest absolute Gasteiger partial charge is 0.490 e. The molecule has 0 unspecified atom stereocenters. The molecule has 0 fully saturated rings. The van der Waals surface area contributed by atoms with Gasteiger partial charge in [0.2, 0.25) is 5.95 Å². The maximum absolute atomic E-state index is 10.6. The molecule has 11 heteroatoms. The van der Waals surface area contributed by atoms with Crippen LogP contribution in [0.3, 0.4) is 0 Å². The van der Waals surface area contributed by atoms with E-state index < -0.39 is 12.1 Å². The monoisotopic (exact) mass is 452 g/mol. The van der Waals surface area contributed by atoms with Crippen LogP contribution in [0.15, 0.2) is 54.7 Å². The summed E-state index contributed by atoms with van der Waals surface area (Å²) in [5.41, 5.74) is 3.05. The van der Waals surface area contributed by atoms with Gasteiger partial charge in [-0.2, -0.15) is 18.2 Å². The molecule has 7 nitrogen and oxygen atoms in total. The van der Waals surface area contributed by atoms with Gasteiger partial charge < -0.3 is 20.5 Å². The maximum Gasteiger partial charge on any atom is 0.490 e. The lowest BCUT2D eigenvalue weighted by Crippen LogP contribution is -2.21. The number of rotatable bonds is 0. The minimum atomic E-state index is -5.08. The molecule has 1 aromatic heterocycles. The van der Waals surface area contributed by atoms with Gasteiger partial charge in [0.1, 0.15) is 17.4 Å². The Hall–Kier alpha value is -3.53. The fourth-order valence-corrected chi connectivity index (χ4v) is 2.67. The molecule has 2 heterocycles. The topological polar surface area (TPSA) is 96.4 Å². The van der Waals surface area contributed by atoms with E-state index in [1.54, 1.807) is 6.20 Å². The number of carboxylic acids is 1. The summed E-state index contributed by atoms with van der Waals surface area (Å²) in [4.78, 5) is 17.6. The van der Waals surface area contributed by atoms with Crippen LogP contribution < -0.4 is 15.4 Å². The molecule has 0 atom stereocenters. The van der Waals surface area contributed by atoms with Gasteiger partial charge in [0.15, 0.2) is 5.82 Å². The molecular formula is C20H16ClF3N4O3. The van der Waals surface area contributed by atoms with Crippen LogP contribution in [-0.2, 0) is 17.9 Å². The van der Waals surface area contributed by atoms with Crippen molar-refractivity contribution < 1.29 is 27.8 Å². The van der Waals surface area contributed by atoms with Crippen LogP contribution >= 0.6 is 11.6 Å². The second-order valence-electron chi connectivity index (χ2n) is 6.31. The molecule has 31 heavy (non-hydrogen) atoms. The Morgan fingerprint density at radius 2 is 1.84 bits per heavy atom. The summed E-state index contributed by atoms with van der Waals surface area (Å²) in [5, 5.41) is 14.0. The van der Waals surface area contributed by atoms with Crippen molar-refractivity contribution >= 4 is 35.0 Å². The van der Waals surface area contributed by atoms with Crippen molar-refractivity contribution in [3.8, 4) is 5.75 Å². The Morgan fingerprint density at radius 3 is 2.58 bits per heavy atom. The first-order valence-electron chi connectivity index (χ1n) is 8.85. The third-order valence-corrected chi connectivity index (χ3v) is 4.21. The Balaban J connectivity index is 0.000000339. The molecule has 0 aliphatic carbocycles. The summed E-state index contributed by atoms with van der Waals surface area (Å²) in [7, 11) is 0. The molecule has 0 saturated heterocycles. The summed E-state index contributed by atoms with van der Waals surface area (Å²) in [6, 6.07) is 15.9. The third-order valence-electron chi connectivity index (χ3n) is 3.93. The number of carboxylic acid groups (broad SMARTS) is 1. The van der Waals surface area contributed by atoms with Crippen molar-refractivity contribution in [2.75, 3.05) is 10.6 Å². The molecule has 4 rings (SSSR count). The van der Waals surface area contributed by atoms with E-state index in [1.807, 2.05) is 48.5 Å². The summed E-state index contributed by atoms with van der Waals surface area (Å²) in [6.45, 7) is 1.10. The molecular weight excluding hydrogens is 437 g/mol. The fraction of sp³-hybridized carbons (Fsp3) is 0.150. The molecule has 0 amide bonds. The number of halogens is 4. The van der Waals surface area contributed by atoms with E-state index in [4.69, 9.17) is 26.2 Å². The molecule has 2 aromatic carbocycles. The minimum absolute atomic E-state index is 0.480. The predicted molar refractivity (Wildman–Crippen MR) is 109 cm³/mol. The highest BCUT2D eigenvalue weighted by Gasteiger charge is 2.38. The van der Waals surface area contributed by atoms with Gasteiger partial charge in [-0.1, -0.05) is 35.9 Å². The first kappa shape index (κ1) is 22.2. The van der Waals surface area contributed by atoms with Crippen molar-refractivity contribution in [3.63, 3.8) is 0 Å². The van der Waals surface area contributed by atoms with Crippen LogP contribution in [0.25, 0.3) is 0 Å². The second kappa shape index (κ2) is 9.52. The summed E-state index contributed by atoms with van der Waals surface area (Å²) in [6.07, 6.45) is -3.49. The number of hydrogen-bond donors (Lipinski definition) is 3. The molecule has 1 aliphatic rings. The van der Waals surface area contributed by atoms with E-state index in [9.17, 15) is 13.2 Å². The molecule has 0 saturated carbocycles. The predicted octanol–water partition coefficient (Wildman–Crippen LogP) is 5.01. The number of ether oxygens (including phenoxy) is 1. The Labute approximate surface area is 179 Å². The average Bonchev–Trinajstić information content (AvgIpc) is 2.72. The maximum atomic E-state index is 10.6. The van der Waals surface area contributed by atoms with Gasteiger partial charge in [0.05, 0.1) is 6.20 Å². The standard InChI is InChI=1S/C18H15ClN4O.C2HF3O2/c19-16-10-21-18-22-14-5-1-4-13(7-14)11-24-15-6-2-3-12(8-15)9-20-17(16)23-18;3-2(4,5)1(6)7/h1-8,10H,9,11H2,(H2,20,21,22,23);(H,6,7). The fourth-order valence-electron chi connectivity index (χ4n) is 2.52. The van der Waals surface area contributed by atoms with Gasteiger partial charge in [0.25, 0.3) is 0 Å². The highest BCUT2D eigenvalue weighted by atomic mass is 35.5. The molecule has 1 aliphatic heterocycles. The smallest absolute Gasteiger partial charge is 0.489 e. The van der Waals surface area contributed by atoms with Crippen LogP contribution in [0.5, 0.6) is 5.75 Å². The van der Waals surface area contributed by atoms with E-state index in [1.165, 1.54) is 0 Å². The number of aromatic nitrogens is 2. The van der Waals surface area contributed by atoms with Crippen molar-refractivity contribution in [2.24, 2.45) is 0 Å². The second-order valence-corrected chi connectivity index (χ2v) is 6.72. The van der Waals surface area contributed by atoms with Crippen LogP contribution in [-0.4, -0.2) is 27.2 Å². The van der Waals surface area contributed by atoms with Crippen LogP contribution in [0.1, 0.15) is 11.1 Å². The van der Waals surface area contributed by atoms with Crippen molar-refractivity contribution in [1.82, 2.24) is 9.97 Å². The lowest BCUT2D eigenvalue weighted by atomic mass is 10.2. The van der Waals surface area contributed by atoms with Gasteiger partial charge in [-0.25, -0.2) is 9.78 Å². The number of alkyl halides is 3. The van der Waals surface area contributed by atoms with Gasteiger partial charge in [-0.15, -0.1) is 0 Å². The zero-order chi connectivity index (χ0) is 22.4. The van der Waals surface area contributed by atoms with Crippen LogP contribution in [0.2, 0.25) is 5.02 Å². The molecule has 0 spiro atoms. The lowest BCUT2D eigenvalue weighted by Gasteiger charge is -2.13.